The van der Waals surface area contributed by atoms with E-state index in [1.54, 1.807) is 0 Å². The van der Waals surface area contributed by atoms with Gasteiger partial charge in [0.25, 0.3) is 0 Å². The number of hydrogen-bond acceptors (Lipinski definition) is 1. The van der Waals surface area contributed by atoms with Crippen molar-refractivity contribution in [1.82, 2.24) is 0 Å². The van der Waals surface area contributed by atoms with Gasteiger partial charge in [0.05, 0.1) is 5.69 Å². The van der Waals surface area contributed by atoms with E-state index in [9.17, 15) is 0 Å². The van der Waals surface area contributed by atoms with Crippen LogP contribution in [0, 0.1) is 3.57 Å². The molecule has 0 saturated heterocycles. The summed E-state index contributed by atoms with van der Waals surface area (Å²) >= 11 is 9.26. The highest BCUT2D eigenvalue weighted by Gasteiger charge is 2.15. The van der Waals surface area contributed by atoms with E-state index in [-0.39, 0.29) is 7.43 Å². The van der Waals surface area contributed by atoms with Crippen LogP contribution in [0.5, 0.6) is 0 Å². The predicted octanol–water partition coefficient (Wildman–Crippen LogP) is 18.5. The first kappa shape index (κ1) is 44.3. The van der Waals surface area contributed by atoms with Crippen molar-refractivity contribution < 1.29 is 0 Å². The molecule has 0 aliphatic rings. The van der Waals surface area contributed by atoms with Gasteiger partial charge >= 0.3 is 0 Å². The van der Waals surface area contributed by atoms with Crippen LogP contribution < -0.4 is 4.90 Å². The highest BCUT2D eigenvalue weighted by Crippen LogP contribution is 2.39. The van der Waals surface area contributed by atoms with Gasteiger partial charge in [-0.1, -0.05) is 215 Å². The predicted molar refractivity (Wildman–Crippen MR) is 284 cm³/mol. The Morgan fingerprint density at radius 2 is 0.758 bits per heavy atom. The Morgan fingerprint density at radius 3 is 1.32 bits per heavy atom. The number of rotatable bonds is 7. The molecule has 0 bridgehead atoms. The molecule has 0 spiro atoms. The number of nitrogens with zero attached hydrogens (tertiary/aromatic N) is 1. The van der Waals surface area contributed by atoms with Crippen molar-refractivity contribution in [3.05, 3.63) is 266 Å². The van der Waals surface area contributed by atoms with Crippen LogP contribution in [0.1, 0.15) is 18.6 Å². The Balaban J connectivity index is 0.000000153. The van der Waals surface area contributed by atoms with Gasteiger partial charge in [-0.05, 0) is 145 Å². The number of anilines is 3. The number of para-hydroxylation sites is 1. The third-order valence-corrected chi connectivity index (χ3v) is 12.2. The summed E-state index contributed by atoms with van der Waals surface area (Å²) in [6.45, 7) is 0. The third kappa shape index (κ3) is 11.4. The van der Waals surface area contributed by atoms with Gasteiger partial charge in [0, 0.05) is 29.3 Å². The first-order chi connectivity index (χ1) is 30.0. The molecule has 10 aromatic carbocycles. The molecule has 62 heavy (non-hydrogen) atoms. The quantitative estimate of drug-likeness (QED) is 0.144. The van der Waals surface area contributed by atoms with E-state index in [4.69, 9.17) is 0 Å². The molecule has 1 nitrogen and oxygen atoms in total. The summed E-state index contributed by atoms with van der Waals surface area (Å²) in [6.07, 6.45) is 1.00. The Kier molecular flexibility index (Phi) is 15.6. The van der Waals surface area contributed by atoms with E-state index in [1.165, 1.54) is 64.2 Å². The summed E-state index contributed by atoms with van der Waals surface area (Å²) in [5, 5.41) is 5.16. The van der Waals surface area contributed by atoms with Crippen molar-refractivity contribution in [3.63, 3.8) is 0 Å². The van der Waals surface area contributed by atoms with E-state index in [0.29, 0.717) is 0 Å². The molecule has 0 radical (unpaired) electrons. The minimum atomic E-state index is 0. The van der Waals surface area contributed by atoms with Crippen LogP contribution in [0.4, 0.5) is 17.1 Å². The molecule has 10 aromatic rings. The van der Waals surface area contributed by atoms with Crippen molar-refractivity contribution in [2.75, 3.05) is 4.90 Å². The molecular weight excluding hydrogens is 997 g/mol. The number of hydrogen-bond donors (Lipinski definition) is 0. The van der Waals surface area contributed by atoms with E-state index < -0.39 is 0 Å². The first-order valence-electron chi connectivity index (χ1n) is 20.2. The number of halogens is 3. The maximum absolute atomic E-state index is 3.51. The lowest BCUT2D eigenvalue weighted by atomic mass is 9.99. The second-order valence-corrected chi connectivity index (χ2v) is 17.6. The van der Waals surface area contributed by atoms with Crippen molar-refractivity contribution in [3.8, 4) is 22.3 Å². The SMILES string of the molecule is Brc1ccc(-c2ccc(I)cc2)cc1.Brc1ccc(-c2ccc(N(c3ccccc3)c3cccc4ccccc34)cc2)cc1.C.c1ccc(Cc2cccc3ccccc23)cc1. The van der Waals surface area contributed by atoms with Crippen LogP contribution >= 0.6 is 54.5 Å². The van der Waals surface area contributed by atoms with Gasteiger partial charge in [-0.25, -0.2) is 0 Å². The van der Waals surface area contributed by atoms with Crippen LogP contribution in [-0.4, -0.2) is 0 Å². The lowest BCUT2D eigenvalue weighted by Crippen LogP contribution is -2.10. The first-order valence-corrected chi connectivity index (χ1v) is 22.9. The number of fused-ring (bicyclic) bond motifs is 2. The molecule has 0 unspecified atom stereocenters. The average Bonchev–Trinajstić information content (AvgIpc) is 3.32. The minimum absolute atomic E-state index is 0. The van der Waals surface area contributed by atoms with Crippen LogP contribution in [0.15, 0.2) is 252 Å². The van der Waals surface area contributed by atoms with E-state index in [0.717, 1.165) is 26.7 Å². The van der Waals surface area contributed by atoms with Crippen LogP contribution in [-0.2, 0) is 6.42 Å². The van der Waals surface area contributed by atoms with Gasteiger partial charge in [-0.3, -0.25) is 0 Å². The topological polar surface area (TPSA) is 3.24 Å². The largest absolute Gasteiger partial charge is 0.310 e. The fourth-order valence-electron chi connectivity index (χ4n) is 7.40. The fourth-order valence-corrected chi connectivity index (χ4v) is 8.29. The highest BCUT2D eigenvalue weighted by atomic mass is 127. The van der Waals surface area contributed by atoms with Crippen molar-refractivity contribution in [2.24, 2.45) is 0 Å². The van der Waals surface area contributed by atoms with Crippen LogP contribution in [0.25, 0.3) is 43.8 Å². The lowest BCUT2D eigenvalue weighted by molar-refractivity contribution is 1.21. The monoisotopic (exact) mass is 1040 g/mol. The molecule has 0 amide bonds. The summed E-state index contributed by atoms with van der Waals surface area (Å²) in [5.74, 6) is 0. The zero-order chi connectivity index (χ0) is 41.8. The maximum atomic E-state index is 3.51. The van der Waals surface area contributed by atoms with Crippen LogP contribution in [0.3, 0.4) is 0 Å². The molecule has 0 atom stereocenters. The van der Waals surface area contributed by atoms with Crippen molar-refractivity contribution in [2.45, 2.75) is 13.8 Å². The van der Waals surface area contributed by atoms with Crippen LogP contribution in [0.2, 0.25) is 0 Å². The lowest BCUT2D eigenvalue weighted by Gasteiger charge is -2.27. The Morgan fingerprint density at radius 1 is 0.355 bits per heavy atom. The molecule has 4 heteroatoms. The van der Waals surface area contributed by atoms with Gasteiger partial charge in [0.2, 0.25) is 0 Å². The number of benzene rings is 10. The summed E-state index contributed by atoms with van der Waals surface area (Å²) in [7, 11) is 0. The van der Waals surface area contributed by atoms with Crippen molar-refractivity contribution in [1.29, 1.82) is 0 Å². The standard InChI is InChI=1S/C28H20BrN.C17H14.C12H8BrI.CH4/c29-24-17-13-21(14-18-24)22-15-19-26(20-16-22)30(25-9-2-1-3-10-25)28-12-6-8-23-7-4-5-11-27(23)28;1-2-7-14(8-3-1)13-16-11-6-10-15-9-4-5-12-17(15)16;13-11-5-1-9(2-6-11)10-3-7-12(14)8-4-10;/h1-20H;1-12H,13H2;1-8H;1H4. The summed E-state index contributed by atoms with van der Waals surface area (Å²) in [6, 6.07) is 85.4. The van der Waals surface area contributed by atoms with Gasteiger partial charge in [0.15, 0.2) is 0 Å². The maximum Gasteiger partial charge on any atom is 0.0540 e. The Hall–Kier alpha value is -5.79. The Bertz CT molecular complexity index is 2880. The molecule has 0 heterocycles. The zero-order valence-electron chi connectivity index (χ0n) is 33.4. The van der Waals surface area contributed by atoms with Gasteiger partial charge in [0.1, 0.15) is 0 Å². The zero-order valence-corrected chi connectivity index (χ0v) is 38.7. The van der Waals surface area contributed by atoms with E-state index in [2.05, 4.69) is 302 Å². The molecular formula is C58H46Br2IN. The fraction of sp³-hybridized carbons (Fsp3) is 0.0345. The van der Waals surface area contributed by atoms with Gasteiger partial charge < -0.3 is 4.90 Å². The third-order valence-electron chi connectivity index (χ3n) is 10.5. The highest BCUT2D eigenvalue weighted by molar-refractivity contribution is 14.1. The average molecular weight is 1040 g/mol. The Labute approximate surface area is 397 Å². The molecule has 0 fully saturated rings. The normalized spacial score (nSPS) is 10.4. The summed E-state index contributed by atoms with van der Waals surface area (Å²) < 4.78 is 3.48. The summed E-state index contributed by atoms with van der Waals surface area (Å²) in [5.41, 5.74) is 11.2. The van der Waals surface area contributed by atoms with Gasteiger partial charge in [-0.2, -0.15) is 0 Å². The molecule has 0 N–H and O–H groups in total. The van der Waals surface area contributed by atoms with Crippen molar-refractivity contribution >= 4 is 93.1 Å². The smallest absolute Gasteiger partial charge is 0.0540 e. The van der Waals surface area contributed by atoms with E-state index >= 15 is 0 Å². The van der Waals surface area contributed by atoms with Gasteiger partial charge in [-0.15, -0.1) is 0 Å². The second kappa shape index (κ2) is 21.8. The molecule has 10 rings (SSSR count). The summed E-state index contributed by atoms with van der Waals surface area (Å²) in [4.78, 5) is 2.33. The molecule has 304 valence electrons. The molecule has 0 aromatic heterocycles. The van der Waals surface area contributed by atoms with E-state index in [1.807, 2.05) is 0 Å². The molecule has 0 aliphatic carbocycles. The molecule has 0 aliphatic heterocycles. The second-order valence-electron chi connectivity index (χ2n) is 14.5. The molecule has 0 saturated carbocycles. The minimum Gasteiger partial charge on any atom is -0.310 e.